The number of aromatic nitrogens is 2. The average molecular weight is 372 g/mol. The molecule has 0 radical (unpaired) electrons. The maximum Gasteiger partial charge on any atom is 0.271 e. The molecule has 0 fully saturated rings. The second-order valence-electron chi connectivity index (χ2n) is 5.98. The Morgan fingerprint density at radius 3 is 2.57 bits per heavy atom. The molecule has 1 heterocycles. The van der Waals surface area contributed by atoms with E-state index in [-0.39, 0.29) is 17.4 Å². The summed E-state index contributed by atoms with van der Waals surface area (Å²) in [7, 11) is 0. The van der Waals surface area contributed by atoms with Gasteiger partial charge in [-0.3, -0.25) is 9.59 Å². The van der Waals surface area contributed by atoms with Gasteiger partial charge in [0.1, 0.15) is 0 Å². The maximum absolute atomic E-state index is 12.4. The van der Waals surface area contributed by atoms with Gasteiger partial charge < -0.3 is 16.8 Å². The molecule has 2 aromatic carbocycles. The molecule has 0 spiro atoms. The molecule has 0 aliphatic heterocycles. The predicted octanol–water partition coefficient (Wildman–Crippen LogP) is 1.87. The zero-order valence-electron chi connectivity index (χ0n) is 14.7. The molecule has 2 amide bonds. The molecular weight excluding hydrogens is 356 g/mol. The minimum absolute atomic E-state index is 0.0142. The van der Waals surface area contributed by atoms with Gasteiger partial charge in [-0.1, -0.05) is 12.1 Å². The zero-order chi connectivity index (χ0) is 20.1. The summed E-state index contributed by atoms with van der Waals surface area (Å²) < 4.78 is 0. The maximum atomic E-state index is 12.4. The summed E-state index contributed by atoms with van der Waals surface area (Å²) in [6.45, 7) is 0. The van der Waals surface area contributed by atoms with Crippen molar-refractivity contribution in [3.05, 3.63) is 82.8 Å². The van der Waals surface area contributed by atoms with Gasteiger partial charge in [-0.15, -0.1) is 0 Å². The quantitative estimate of drug-likeness (QED) is 0.623. The Bertz CT molecular complexity index is 1090. The van der Waals surface area contributed by atoms with Crippen molar-refractivity contribution < 1.29 is 9.59 Å². The number of hydrogen-bond acceptors (Lipinski definition) is 6. The number of primary amides is 1. The second-order valence-corrected chi connectivity index (χ2v) is 5.98. The van der Waals surface area contributed by atoms with E-state index in [4.69, 9.17) is 16.7 Å². The number of carbonyl (C=O) groups is 2. The van der Waals surface area contributed by atoms with Crippen LogP contribution in [0.2, 0.25) is 0 Å². The molecule has 5 N–H and O–H groups in total. The summed E-state index contributed by atoms with van der Waals surface area (Å²) in [5.74, 6) is -1.04. The van der Waals surface area contributed by atoms with Gasteiger partial charge in [0.2, 0.25) is 0 Å². The van der Waals surface area contributed by atoms with Crippen molar-refractivity contribution in [1.82, 2.24) is 9.97 Å². The lowest BCUT2D eigenvalue weighted by atomic mass is 10.1. The summed E-state index contributed by atoms with van der Waals surface area (Å²) in [6.07, 6.45) is 1.86. The highest BCUT2D eigenvalue weighted by Crippen LogP contribution is 2.16. The third-order valence-electron chi connectivity index (χ3n) is 3.93. The molecule has 0 bridgehead atoms. The van der Waals surface area contributed by atoms with Crippen LogP contribution in [-0.4, -0.2) is 21.8 Å². The molecule has 3 aromatic rings. The average Bonchev–Trinajstić information content (AvgIpc) is 2.69. The zero-order valence-corrected chi connectivity index (χ0v) is 14.7. The summed E-state index contributed by atoms with van der Waals surface area (Å²) in [6, 6.07) is 15.6. The molecule has 1 aromatic heterocycles. The van der Waals surface area contributed by atoms with E-state index in [0.717, 1.165) is 5.56 Å². The second kappa shape index (κ2) is 7.97. The summed E-state index contributed by atoms with van der Waals surface area (Å²) >= 11 is 0. The van der Waals surface area contributed by atoms with Crippen LogP contribution in [0.5, 0.6) is 0 Å². The third-order valence-corrected chi connectivity index (χ3v) is 3.93. The Labute approximate surface area is 160 Å². The predicted molar refractivity (Wildman–Crippen MR) is 103 cm³/mol. The number of rotatable bonds is 5. The molecular formula is C20H16N6O2. The van der Waals surface area contributed by atoms with Crippen LogP contribution >= 0.6 is 0 Å². The van der Waals surface area contributed by atoms with Crippen molar-refractivity contribution in [3.63, 3.8) is 0 Å². The van der Waals surface area contributed by atoms with E-state index < -0.39 is 5.91 Å². The van der Waals surface area contributed by atoms with Crippen LogP contribution in [0.25, 0.3) is 0 Å². The van der Waals surface area contributed by atoms with Gasteiger partial charge >= 0.3 is 0 Å². The lowest BCUT2D eigenvalue weighted by molar-refractivity contribution is 0.0993. The topological polar surface area (TPSA) is 148 Å². The molecule has 0 saturated carbocycles. The number of carbonyl (C=O) groups excluding carboxylic acids is 2. The van der Waals surface area contributed by atoms with Gasteiger partial charge in [0.15, 0.2) is 11.5 Å². The fourth-order valence-electron chi connectivity index (χ4n) is 2.57. The largest absolute Gasteiger partial charge is 0.382 e. The van der Waals surface area contributed by atoms with Gasteiger partial charge in [-0.05, 0) is 42.0 Å². The van der Waals surface area contributed by atoms with Crippen molar-refractivity contribution in [2.75, 3.05) is 11.1 Å². The van der Waals surface area contributed by atoms with E-state index in [1.54, 1.807) is 42.5 Å². The van der Waals surface area contributed by atoms with E-state index in [9.17, 15) is 9.59 Å². The number of amides is 2. The highest BCUT2D eigenvalue weighted by atomic mass is 16.2. The van der Waals surface area contributed by atoms with E-state index in [0.29, 0.717) is 28.9 Å². The summed E-state index contributed by atoms with van der Waals surface area (Å²) in [4.78, 5) is 31.8. The Morgan fingerprint density at radius 2 is 1.89 bits per heavy atom. The summed E-state index contributed by atoms with van der Waals surface area (Å²) in [5, 5.41) is 11.6. The van der Waals surface area contributed by atoms with Crippen molar-refractivity contribution in [3.8, 4) is 6.07 Å². The Hall–Kier alpha value is -4.25. The van der Waals surface area contributed by atoms with Crippen molar-refractivity contribution >= 4 is 23.3 Å². The van der Waals surface area contributed by atoms with Gasteiger partial charge in [0.25, 0.3) is 11.8 Å². The molecule has 3 rings (SSSR count). The van der Waals surface area contributed by atoms with E-state index in [1.165, 1.54) is 6.20 Å². The van der Waals surface area contributed by atoms with Crippen LogP contribution < -0.4 is 16.8 Å². The first-order valence-corrected chi connectivity index (χ1v) is 8.28. The van der Waals surface area contributed by atoms with Crippen LogP contribution in [0.1, 0.15) is 37.7 Å². The highest BCUT2D eigenvalue weighted by Gasteiger charge is 2.11. The van der Waals surface area contributed by atoms with E-state index >= 15 is 0 Å². The fraction of sp³-hybridized carbons (Fsp3) is 0.0500. The Morgan fingerprint density at radius 1 is 1.14 bits per heavy atom. The van der Waals surface area contributed by atoms with Gasteiger partial charge in [0, 0.05) is 17.7 Å². The number of benzene rings is 2. The number of nitriles is 1. The molecule has 8 nitrogen and oxygen atoms in total. The lowest BCUT2D eigenvalue weighted by Crippen LogP contribution is -2.17. The SMILES string of the molecule is N#Cc1ccc(C(=O)Nc2cccc(Cc3cnc(N)c(C(N)=O)n3)c2)cc1. The number of nitrogens with one attached hydrogen (secondary N) is 1. The monoisotopic (exact) mass is 372 g/mol. The highest BCUT2D eigenvalue weighted by molar-refractivity contribution is 6.04. The Kier molecular flexibility index (Phi) is 5.28. The van der Waals surface area contributed by atoms with Gasteiger partial charge in [-0.25, -0.2) is 9.97 Å². The first kappa shape index (κ1) is 18.5. The number of hydrogen-bond donors (Lipinski definition) is 3. The smallest absolute Gasteiger partial charge is 0.271 e. The third kappa shape index (κ3) is 4.28. The molecule has 138 valence electrons. The van der Waals surface area contributed by atoms with Crippen LogP contribution in [-0.2, 0) is 6.42 Å². The number of nitrogens with two attached hydrogens (primary N) is 2. The molecule has 0 atom stereocenters. The standard InChI is InChI=1S/C20H16N6O2/c21-10-12-4-6-14(7-5-12)20(28)26-15-3-1-2-13(8-15)9-16-11-24-18(22)17(25-16)19(23)27/h1-8,11H,9H2,(H2,22,24)(H2,23,27)(H,26,28). The van der Waals surface area contributed by atoms with Crippen LogP contribution in [0.4, 0.5) is 11.5 Å². The molecule has 0 aliphatic rings. The summed E-state index contributed by atoms with van der Waals surface area (Å²) in [5.41, 5.74) is 13.7. The van der Waals surface area contributed by atoms with E-state index in [2.05, 4.69) is 15.3 Å². The Balaban J connectivity index is 1.75. The van der Waals surface area contributed by atoms with Crippen LogP contribution in [0.3, 0.4) is 0 Å². The molecule has 28 heavy (non-hydrogen) atoms. The first-order chi connectivity index (χ1) is 13.5. The van der Waals surface area contributed by atoms with Crippen molar-refractivity contribution in [2.24, 2.45) is 5.73 Å². The first-order valence-electron chi connectivity index (χ1n) is 8.28. The number of anilines is 2. The lowest BCUT2D eigenvalue weighted by Gasteiger charge is -2.08. The molecule has 0 aliphatic carbocycles. The number of nitrogens with zero attached hydrogens (tertiary/aromatic N) is 3. The van der Waals surface area contributed by atoms with Gasteiger partial charge in [0.05, 0.1) is 23.5 Å². The normalized spacial score (nSPS) is 10.1. The van der Waals surface area contributed by atoms with Crippen LogP contribution in [0, 0.1) is 11.3 Å². The van der Waals surface area contributed by atoms with Crippen molar-refractivity contribution in [2.45, 2.75) is 6.42 Å². The van der Waals surface area contributed by atoms with Gasteiger partial charge in [-0.2, -0.15) is 5.26 Å². The molecule has 8 heteroatoms. The van der Waals surface area contributed by atoms with Crippen molar-refractivity contribution in [1.29, 1.82) is 5.26 Å². The van der Waals surface area contributed by atoms with Crippen LogP contribution in [0.15, 0.2) is 54.7 Å². The number of nitrogen functional groups attached to an aromatic ring is 1. The molecule has 0 unspecified atom stereocenters. The van der Waals surface area contributed by atoms with E-state index in [1.807, 2.05) is 12.1 Å². The fourth-order valence-corrected chi connectivity index (χ4v) is 2.57. The molecule has 0 saturated heterocycles. The minimum Gasteiger partial charge on any atom is -0.382 e. The minimum atomic E-state index is -0.740.